The topological polar surface area (TPSA) is 83.5 Å². The molecular weight excluding hydrogens is 339 g/mol. The zero-order valence-electron chi connectivity index (χ0n) is 16.4. The first-order valence-corrected chi connectivity index (χ1v) is 8.43. The molecule has 1 N–H and O–H groups in total. The summed E-state index contributed by atoms with van der Waals surface area (Å²) in [5, 5.41) is 9.48. The highest BCUT2D eigenvalue weighted by atomic mass is 16.7. The van der Waals surface area contributed by atoms with Crippen LogP contribution in [0.15, 0.2) is 12.1 Å². The molecule has 1 saturated heterocycles. The molecule has 0 radical (unpaired) electrons. The quantitative estimate of drug-likeness (QED) is 0.743. The second-order valence-electron chi connectivity index (χ2n) is 7.27. The summed E-state index contributed by atoms with van der Waals surface area (Å²) < 4.78 is 28.5. The van der Waals surface area contributed by atoms with Crippen molar-refractivity contribution < 1.29 is 33.4 Å². The van der Waals surface area contributed by atoms with Gasteiger partial charge in [-0.2, -0.15) is 0 Å². The summed E-state index contributed by atoms with van der Waals surface area (Å²) in [4.78, 5) is 11.6. The van der Waals surface area contributed by atoms with Crippen LogP contribution in [-0.2, 0) is 14.1 Å². The van der Waals surface area contributed by atoms with Crippen LogP contribution in [0.1, 0.15) is 45.5 Å². The van der Waals surface area contributed by atoms with Crippen LogP contribution in [0.3, 0.4) is 0 Å². The SMILES string of the molecule is COc1cc(OC)c(C(CC(=O)O)B2OC(C)(C)C(C)(C)O2)c(OC)c1. The first kappa shape index (κ1) is 20.4. The van der Waals surface area contributed by atoms with Crippen molar-refractivity contribution in [3.8, 4) is 17.2 Å². The molecule has 144 valence electrons. The Balaban J connectivity index is 2.56. The van der Waals surface area contributed by atoms with Crippen LogP contribution in [0.25, 0.3) is 0 Å². The lowest BCUT2D eigenvalue weighted by Gasteiger charge is -2.32. The Labute approximate surface area is 154 Å². The van der Waals surface area contributed by atoms with Gasteiger partial charge < -0.3 is 28.6 Å². The number of benzene rings is 1. The summed E-state index contributed by atoms with van der Waals surface area (Å²) in [5.74, 6) is -0.122. The Bertz CT molecular complexity index is 630. The number of hydrogen-bond donors (Lipinski definition) is 1. The third-order valence-electron chi connectivity index (χ3n) is 5.12. The number of ether oxygens (including phenoxy) is 3. The van der Waals surface area contributed by atoms with Gasteiger partial charge >= 0.3 is 13.1 Å². The summed E-state index contributed by atoms with van der Waals surface area (Å²) >= 11 is 0. The minimum atomic E-state index is -0.968. The summed E-state index contributed by atoms with van der Waals surface area (Å²) in [6.07, 6.45) is -0.199. The monoisotopic (exact) mass is 366 g/mol. The van der Waals surface area contributed by atoms with Gasteiger partial charge in [0.25, 0.3) is 0 Å². The molecule has 0 bridgehead atoms. The van der Waals surface area contributed by atoms with E-state index < -0.39 is 30.1 Å². The van der Waals surface area contributed by atoms with Crippen molar-refractivity contribution in [1.29, 1.82) is 0 Å². The van der Waals surface area contributed by atoms with Crippen LogP contribution in [0, 0.1) is 0 Å². The average molecular weight is 366 g/mol. The molecule has 0 saturated carbocycles. The number of carbonyl (C=O) groups is 1. The van der Waals surface area contributed by atoms with Gasteiger partial charge in [-0.05, 0) is 27.7 Å². The standard InChI is InChI=1S/C18H27BO7/c1-17(2)18(3,4)26-19(25-17)12(10-15(20)21)16-13(23-6)8-11(22-5)9-14(16)24-7/h8-9,12H,10H2,1-7H3,(H,20,21). The second kappa shape index (κ2) is 7.36. The molecule has 0 aliphatic carbocycles. The molecule has 1 fully saturated rings. The Kier molecular flexibility index (Phi) is 5.77. The van der Waals surface area contributed by atoms with Crippen LogP contribution >= 0.6 is 0 Å². The van der Waals surface area contributed by atoms with Crippen LogP contribution in [0.4, 0.5) is 0 Å². The molecule has 7 nitrogen and oxygen atoms in total. The highest BCUT2D eigenvalue weighted by molar-refractivity contribution is 6.48. The van der Waals surface area contributed by atoms with Gasteiger partial charge in [0.15, 0.2) is 0 Å². The molecule has 26 heavy (non-hydrogen) atoms. The van der Waals surface area contributed by atoms with E-state index in [1.807, 2.05) is 27.7 Å². The Morgan fingerprint density at radius 3 is 1.85 bits per heavy atom. The molecular formula is C18H27BO7. The first-order valence-electron chi connectivity index (χ1n) is 8.43. The van der Waals surface area contributed by atoms with E-state index in [2.05, 4.69) is 0 Å². The van der Waals surface area contributed by atoms with Crippen molar-refractivity contribution in [2.75, 3.05) is 21.3 Å². The zero-order chi connectivity index (χ0) is 19.7. The van der Waals surface area contributed by atoms with Gasteiger partial charge in [0, 0.05) is 23.5 Å². The zero-order valence-corrected chi connectivity index (χ0v) is 16.4. The van der Waals surface area contributed by atoms with E-state index in [0.29, 0.717) is 22.8 Å². The summed E-state index contributed by atoms with van der Waals surface area (Å²) in [6, 6.07) is 3.38. The number of carboxylic acids is 1. The Morgan fingerprint density at radius 2 is 1.50 bits per heavy atom. The Morgan fingerprint density at radius 1 is 1.04 bits per heavy atom. The normalized spacial score (nSPS) is 19.1. The molecule has 1 aromatic rings. The molecule has 2 rings (SSSR count). The van der Waals surface area contributed by atoms with E-state index in [9.17, 15) is 9.90 Å². The second-order valence-corrected chi connectivity index (χ2v) is 7.27. The van der Waals surface area contributed by atoms with E-state index in [-0.39, 0.29) is 6.42 Å². The molecule has 8 heteroatoms. The van der Waals surface area contributed by atoms with Gasteiger partial charge in [-0.15, -0.1) is 0 Å². The summed E-state index contributed by atoms with van der Waals surface area (Å²) in [6.45, 7) is 7.70. The number of aliphatic carboxylic acids is 1. The lowest BCUT2D eigenvalue weighted by Crippen LogP contribution is -2.41. The first-order chi connectivity index (χ1) is 12.1. The van der Waals surface area contributed by atoms with Crippen molar-refractivity contribution in [3.63, 3.8) is 0 Å². The van der Waals surface area contributed by atoms with E-state index >= 15 is 0 Å². The summed E-state index contributed by atoms with van der Waals surface area (Å²) in [5.41, 5.74) is -0.584. The van der Waals surface area contributed by atoms with Gasteiger partial charge in [-0.25, -0.2) is 0 Å². The van der Waals surface area contributed by atoms with Crippen molar-refractivity contribution >= 4 is 13.1 Å². The van der Waals surface area contributed by atoms with Gasteiger partial charge in [-0.1, -0.05) is 0 Å². The Hall–Kier alpha value is -1.93. The van der Waals surface area contributed by atoms with Crippen LogP contribution in [0.5, 0.6) is 17.2 Å². The maximum atomic E-state index is 11.6. The van der Waals surface area contributed by atoms with E-state index in [0.717, 1.165) is 0 Å². The van der Waals surface area contributed by atoms with Gasteiger partial charge in [0.1, 0.15) is 17.2 Å². The molecule has 1 heterocycles. The predicted octanol–water partition coefficient (Wildman–Crippen LogP) is 2.90. The lowest BCUT2D eigenvalue weighted by atomic mass is 9.65. The van der Waals surface area contributed by atoms with E-state index in [4.69, 9.17) is 23.5 Å². The molecule has 1 atom stereocenters. The minimum absolute atomic E-state index is 0.199. The highest BCUT2D eigenvalue weighted by Gasteiger charge is 2.55. The fourth-order valence-electron chi connectivity index (χ4n) is 2.97. The maximum Gasteiger partial charge on any atom is 0.466 e. The van der Waals surface area contributed by atoms with E-state index in [1.54, 1.807) is 12.1 Å². The van der Waals surface area contributed by atoms with E-state index in [1.165, 1.54) is 21.3 Å². The average Bonchev–Trinajstić information content (AvgIpc) is 2.78. The molecule has 0 spiro atoms. The third-order valence-corrected chi connectivity index (χ3v) is 5.12. The number of carboxylic acid groups (broad SMARTS) is 1. The van der Waals surface area contributed by atoms with Gasteiger partial charge in [0.05, 0.1) is 39.0 Å². The lowest BCUT2D eigenvalue weighted by molar-refractivity contribution is -0.137. The van der Waals surface area contributed by atoms with Gasteiger partial charge in [0.2, 0.25) is 0 Å². The van der Waals surface area contributed by atoms with Crippen molar-refractivity contribution in [2.24, 2.45) is 0 Å². The molecule has 1 unspecified atom stereocenters. The van der Waals surface area contributed by atoms with Crippen molar-refractivity contribution in [3.05, 3.63) is 17.7 Å². The molecule has 0 aromatic heterocycles. The molecule has 1 aliphatic heterocycles. The minimum Gasteiger partial charge on any atom is -0.496 e. The van der Waals surface area contributed by atoms with Gasteiger partial charge in [-0.3, -0.25) is 4.79 Å². The predicted molar refractivity (Wildman–Crippen MR) is 97.2 cm³/mol. The van der Waals surface area contributed by atoms with Crippen LogP contribution < -0.4 is 14.2 Å². The molecule has 1 aliphatic rings. The molecule has 0 amide bonds. The van der Waals surface area contributed by atoms with Crippen molar-refractivity contribution in [1.82, 2.24) is 0 Å². The number of methoxy groups -OCH3 is 3. The summed E-state index contributed by atoms with van der Waals surface area (Å²) in [7, 11) is 3.81. The van der Waals surface area contributed by atoms with Crippen LogP contribution in [-0.4, -0.2) is 50.7 Å². The van der Waals surface area contributed by atoms with Crippen molar-refractivity contribution in [2.45, 2.75) is 51.1 Å². The smallest absolute Gasteiger partial charge is 0.466 e. The largest absolute Gasteiger partial charge is 0.496 e. The fourth-order valence-corrected chi connectivity index (χ4v) is 2.97. The maximum absolute atomic E-state index is 11.6. The third kappa shape index (κ3) is 3.76. The molecule has 1 aromatic carbocycles. The highest BCUT2D eigenvalue weighted by Crippen LogP contribution is 2.47. The number of rotatable bonds is 7. The number of hydrogen-bond acceptors (Lipinski definition) is 6. The van der Waals surface area contributed by atoms with Crippen LogP contribution in [0.2, 0.25) is 0 Å². The fraction of sp³-hybridized carbons (Fsp3) is 0.611.